The lowest BCUT2D eigenvalue weighted by atomic mass is 10.0. The number of hydrogen-bond acceptors (Lipinski definition) is 2. The fourth-order valence-electron chi connectivity index (χ4n) is 0.654. The Morgan fingerprint density at radius 1 is 1.33 bits per heavy atom. The predicted molar refractivity (Wildman–Crippen MR) is 37.2 cm³/mol. The minimum absolute atomic E-state index is 0.233. The van der Waals surface area contributed by atoms with Gasteiger partial charge in [0.2, 0.25) is 0 Å². The van der Waals surface area contributed by atoms with Crippen molar-refractivity contribution in [3.63, 3.8) is 0 Å². The molecule has 0 fully saturated rings. The fourth-order valence-corrected chi connectivity index (χ4v) is 0.654. The van der Waals surface area contributed by atoms with Gasteiger partial charge in [-0.2, -0.15) is 0 Å². The molecule has 9 heavy (non-hydrogen) atoms. The lowest BCUT2D eigenvalue weighted by Crippen LogP contribution is -2.12. The smallest absolute Gasteiger partial charge is 0.0537 e. The van der Waals surface area contributed by atoms with Crippen molar-refractivity contribution in [1.29, 1.82) is 0 Å². The van der Waals surface area contributed by atoms with Crippen LogP contribution in [0.5, 0.6) is 0 Å². The van der Waals surface area contributed by atoms with Crippen LogP contribution in [0.2, 0.25) is 0 Å². The summed E-state index contributed by atoms with van der Waals surface area (Å²) in [4.78, 5) is 0. The Balaban J connectivity index is 3.16. The highest BCUT2D eigenvalue weighted by Crippen LogP contribution is 2.08. The molecule has 0 spiro atoms. The van der Waals surface area contributed by atoms with Crippen LogP contribution in [0, 0.1) is 5.92 Å². The van der Waals surface area contributed by atoms with Gasteiger partial charge in [-0.25, -0.2) is 0 Å². The lowest BCUT2D eigenvalue weighted by molar-refractivity contribution is 0.124. The largest absolute Gasteiger partial charge is 0.396 e. The number of hydrogen-bond donors (Lipinski definition) is 2. The average molecular weight is 132 g/mol. The van der Waals surface area contributed by atoms with Crippen LogP contribution >= 0.6 is 0 Å². The molecule has 0 radical (unpaired) electrons. The van der Waals surface area contributed by atoms with E-state index in [2.05, 4.69) is 0 Å². The van der Waals surface area contributed by atoms with E-state index in [0.29, 0.717) is 5.92 Å². The summed E-state index contributed by atoms with van der Waals surface area (Å²) in [6.07, 6.45) is 1.47. The van der Waals surface area contributed by atoms with E-state index in [1.165, 1.54) is 0 Å². The Kier molecular flexibility index (Phi) is 4.72. The molecule has 0 rings (SSSR count). The molecule has 0 aromatic carbocycles. The van der Waals surface area contributed by atoms with Crippen molar-refractivity contribution >= 4 is 0 Å². The summed E-state index contributed by atoms with van der Waals surface area (Å²) < 4.78 is 0. The van der Waals surface area contributed by atoms with E-state index in [1.54, 1.807) is 6.92 Å². The first-order valence-corrected chi connectivity index (χ1v) is 3.47. The number of aliphatic hydroxyl groups is 2. The molecule has 56 valence electrons. The summed E-state index contributed by atoms with van der Waals surface area (Å²) >= 11 is 0. The molecule has 2 atom stereocenters. The van der Waals surface area contributed by atoms with Crippen LogP contribution in [0.1, 0.15) is 26.7 Å². The molecule has 0 bridgehead atoms. The molecule has 2 nitrogen and oxygen atoms in total. The molecule has 0 aromatic heterocycles. The molecule has 0 aliphatic rings. The third-order valence-corrected chi connectivity index (χ3v) is 1.64. The molecule has 0 aliphatic heterocycles. The summed E-state index contributed by atoms with van der Waals surface area (Å²) in [7, 11) is 0. The molecule has 0 amide bonds. The Bertz CT molecular complexity index is 61.9. The van der Waals surface area contributed by atoms with Crippen molar-refractivity contribution < 1.29 is 10.2 Å². The van der Waals surface area contributed by atoms with Gasteiger partial charge in [-0.15, -0.1) is 0 Å². The van der Waals surface area contributed by atoms with E-state index >= 15 is 0 Å². The average Bonchev–Trinajstić information content (AvgIpc) is 1.82. The monoisotopic (exact) mass is 132 g/mol. The molecule has 0 saturated carbocycles. The quantitative estimate of drug-likeness (QED) is 0.593. The van der Waals surface area contributed by atoms with Gasteiger partial charge in [-0.1, -0.05) is 6.92 Å². The van der Waals surface area contributed by atoms with Gasteiger partial charge in [0.15, 0.2) is 0 Å². The van der Waals surface area contributed by atoms with E-state index in [-0.39, 0.29) is 12.7 Å². The zero-order valence-corrected chi connectivity index (χ0v) is 6.17. The van der Waals surface area contributed by atoms with Crippen LogP contribution in [0.4, 0.5) is 0 Å². The van der Waals surface area contributed by atoms with Gasteiger partial charge in [0.1, 0.15) is 0 Å². The highest BCUT2D eigenvalue weighted by atomic mass is 16.3. The second-order valence-electron chi connectivity index (χ2n) is 2.58. The third-order valence-electron chi connectivity index (χ3n) is 1.64. The maximum absolute atomic E-state index is 8.97. The Morgan fingerprint density at radius 3 is 2.22 bits per heavy atom. The molecular formula is C7H16O2. The Morgan fingerprint density at radius 2 is 1.89 bits per heavy atom. The summed E-state index contributed by atoms with van der Waals surface area (Å²) in [5.41, 5.74) is 0. The van der Waals surface area contributed by atoms with E-state index in [9.17, 15) is 0 Å². The van der Waals surface area contributed by atoms with Crippen LogP contribution in [0.15, 0.2) is 0 Å². The van der Waals surface area contributed by atoms with Crippen LogP contribution in [0.3, 0.4) is 0 Å². The van der Waals surface area contributed by atoms with Crippen molar-refractivity contribution in [3.05, 3.63) is 0 Å². The molecule has 0 aliphatic carbocycles. The highest BCUT2D eigenvalue weighted by molar-refractivity contribution is 4.57. The van der Waals surface area contributed by atoms with Gasteiger partial charge in [-0.3, -0.25) is 0 Å². The summed E-state index contributed by atoms with van der Waals surface area (Å²) in [6.45, 7) is 4.00. The van der Waals surface area contributed by atoms with E-state index in [1.807, 2.05) is 6.92 Å². The summed E-state index contributed by atoms with van der Waals surface area (Å²) in [5, 5.41) is 17.4. The van der Waals surface area contributed by atoms with E-state index < -0.39 is 0 Å². The number of aliphatic hydroxyl groups excluding tert-OH is 2. The molecule has 0 heterocycles. The molecule has 0 aromatic rings. The van der Waals surface area contributed by atoms with Gasteiger partial charge >= 0.3 is 0 Å². The van der Waals surface area contributed by atoms with Crippen molar-refractivity contribution in [3.8, 4) is 0 Å². The molecule has 2 heteroatoms. The van der Waals surface area contributed by atoms with Crippen molar-refractivity contribution in [2.24, 2.45) is 5.92 Å². The first-order chi connectivity index (χ1) is 4.18. The predicted octanol–water partition coefficient (Wildman–Crippen LogP) is 0.776. The van der Waals surface area contributed by atoms with Crippen LogP contribution in [0.25, 0.3) is 0 Å². The third kappa shape index (κ3) is 4.43. The minimum Gasteiger partial charge on any atom is -0.396 e. The van der Waals surface area contributed by atoms with Crippen molar-refractivity contribution in [2.45, 2.75) is 32.8 Å². The van der Waals surface area contributed by atoms with Gasteiger partial charge in [-0.05, 0) is 25.7 Å². The van der Waals surface area contributed by atoms with Crippen molar-refractivity contribution in [1.82, 2.24) is 0 Å². The molecule has 0 unspecified atom stereocenters. The second kappa shape index (κ2) is 4.77. The van der Waals surface area contributed by atoms with Gasteiger partial charge in [0.25, 0.3) is 0 Å². The van der Waals surface area contributed by atoms with E-state index in [0.717, 1.165) is 12.8 Å². The van der Waals surface area contributed by atoms with Gasteiger partial charge in [0.05, 0.1) is 6.10 Å². The summed E-state index contributed by atoms with van der Waals surface area (Å²) in [6, 6.07) is 0. The lowest BCUT2D eigenvalue weighted by Gasteiger charge is -2.12. The minimum atomic E-state index is -0.239. The molecule has 2 N–H and O–H groups in total. The van der Waals surface area contributed by atoms with Crippen LogP contribution in [-0.2, 0) is 0 Å². The topological polar surface area (TPSA) is 40.5 Å². The standard InChI is InChI=1S/C7H16O2/c1-6(7(2)9)4-3-5-8/h6-9H,3-5H2,1-2H3/t6-,7-/m0/s1. The Labute approximate surface area is 56.5 Å². The zero-order valence-electron chi connectivity index (χ0n) is 6.17. The Hall–Kier alpha value is -0.0800. The molecular weight excluding hydrogens is 116 g/mol. The first-order valence-electron chi connectivity index (χ1n) is 3.47. The van der Waals surface area contributed by atoms with Crippen LogP contribution < -0.4 is 0 Å². The normalized spacial score (nSPS) is 17.3. The summed E-state index contributed by atoms with van der Waals surface area (Å²) in [5.74, 6) is 0.317. The van der Waals surface area contributed by atoms with Crippen molar-refractivity contribution in [2.75, 3.05) is 6.61 Å². The maximum atomic E-state index is 8.97. The van der Waals surface area contributed by atoms with Crippen LogP contribution in [-0.4, -0.2) is 22.9 Å². The number of rotatable bonds is 4. The fraction of sp³-hybridized carbons (Fsp3) is 1.00. The second-order valence-corrected chi connectivity index (χ2v) is 2.58. The molecule has 0 saturated heterocycles. The maximum Gasteiger partial charge on any atom is 0.0537 e. The highest BCUT2D eigenvalue weighted by Gasteiger charge is 2.06. The zero-order chi connectivity index (χ0) is 7.28. The van der Waals surface area contributed by atoms with Gasteiger partial charge < -0.3 is 10.2 Å². The van der Waals surface area contributed by atoms with E-state index in [4.69, 9.17) is 10.2 Å². The van der Waals surface area contributed by atoms with Gasteiger partial charge in [0, 0.05) is 6.61 Å². The SMILES string of the molecule is C[C@H](O)[C@@H](C)CCCO. The first kappa shape index (κ1) is 8.92.